The fourth-order valence-corrected chi connectivity index (χ4v) is 3.89. The predicted octanol–water partition coefficient (Wildman–Crippen LogP) is 6.66. The predicted molar refractivity (Wildman–Crippen MR) is 138 cm³/mol. The third-order valence-corrected chi connectivity index (χ3v) is 5.53. The van der Waals surface area contributed by atoms with E-state index >= 15 is 0 Å². The summed E-state index contributed by atoms with van der Waals surface area (Å²) in [6.07, 6.45) is 1.58. The number of carbonyl (C=O) groups is 1. The van der Waals surface area contributed by atoms with Crippen LogP contribution in [0.25, 0.3) is 16.9 Å². The zero-order valence-corrected chi connectivity index (χ0v) is 20.1. The number of amides is 1. The Balaban J connectivity index is 1.45. The molecule has 3 aromatic carbocycles. The minimum atomic E-state index is -0.291. The average Bonchev–Trinajstić information content (AvgIpc) is 3.22. The highest BCUT2D eigenvalue weighted by molar-refractivity contribution is 6.32. The highest BCUT2D eigenvalue weighted by Gasteiger charge is 2.11. The third-order valence-electron chi connectivity index (χ3n) is 5.23. The van der Waals surface area contributed by atoms with Crippen molar-refractivity contribution < 1.29 is 9.53 Å². The molecule has 0 saturated carbocycles. The number of carbonyl (C=O) groups excluding carboxylic acids is 1. The molecule has 34 heavy (non-hydrogen) atoms. The number of nitrogens with zero attached hydrogens (tertiary/aromatic N) is 2. The van der Waals surface area contributed by atoms with Gasteiger partial charge in [-0.1, -0.05) is 41.9 Å². The number of ether oxygens (including phenoxy) is 1. The van der Waals surface area contributed by atoms with Crippen molar-refractivity contribution in [1.82, 2.24) is 9.99 Å². The maximum atomic E-state index is 12.6. The Hall–Kier alpha value is -3.83. The monoisotopic (exact) mass is 471 g/mol. The summed E-state index contributed by atoms with van der Waals surface area (Å²) >= 11 is 6.25. The van der Waals surface area contributed by atoms with Gasteiger partial charge >= 0.3 is 0 Å². The second-order valence-electron chi connectivity index (χ2n) is 8.16. The van der Waals surface area contributed by atoms with E-state index in [2.05, 4.69) is 46.3 Å². The number of rotatable bonds is 7. The molecular formula is C28H26ClN3O2. The first-order chi connectivity index (χ1) is 16.4. The van der Waals surface area contributed by atoms with Crippen LogP contribution in [0.3, 0.4) is 0 Å². The van der Waals surface area contributed by atoms with Gasteiger partial charge in [-0.2, -0.15) is 5.10 Å². The summed E-state index contributed by atoms with van der Waals surface area (Å²) in [6, 6.07) is 27.2. The van der Waals surface area contributed by atoms with Gasteiger partial charge in [0.05, 0.1) is 23.0 Å². The normalized spacial score (nSPS) is 11.2. The molecule has 1 amide bonds. The first-order valence-electron chi connectivity index (χ1n) is 11.1. The van der Waals surface area contributed by atoms with Gasteiger partial charge in [0.1, 0.15) is 5.75 Å². The molecule has 6 heteroatoms. The van der Waals surface area contributed by atoms with E-state index in [1.807, 2.05) is 50.2 Å². The van der Waals surface area contributed by atoms with Crippen LogP contribution < -0.4 is 10.2 Å². The summed E-state index contributed by atoms with van der Waals surface area (Å²) in [7, 11) is 0. The molecule has 0 radical (unpaired) electrons. The van der Waals surface area contributed by atoms with Crippen LogP contribution in [0.5, 0.6) is 5.75 Å². The van der Waals surface area contributed by atoms with Crippen molar-refractivity contribution in [2.75, 3.05) is 0 Å². The number of aryl methyl sites for hydroxylation is 1. The summed E-state index contributed by atoms with van der Waals surface area (Å²) in [5, 5.41) is 4.56. The van der Waals surface area contributed by atoms with Crippen LogP contribution in [-0.2, 0) is 0 Å². The lowest BCUT2D eigenvalue weighted by atomic mass is 10.1. The van der Waals surface area contributed by atoms with Crippen LogP contribution in [-0.4, -0.2) is 22.8 Å². The number of hydrazone groups is 1. The number of aromatic nitrogens is 1. The average molecular weight is 472 g/mol. The quantitative estimate of drug-likeness (QED) is 0.242. The fraction of sp³-hybridized carbons (Fsp3) is 0.143. The van der Waals surface area contributed by atoms with Crippen molar-refractivity contribution in [1.29, 1.82) is 0 Å². The first kappa shape index (κ1) is 23.3. The van der Waals surface area contributed by atoms with Crippen LogP contribution in [0.2, 0.25) is 5.02 Å². The number of hydrogen-bond donors (Lipinski definition) is 1. The van der Waals surface area contributed by atoms with Gasteiger partial charge in [0.2, 0.25) is 0 Å². The van der Waals surface area contributed by atoms with E-state index in [4.69, 9.17) is 16.3 Å². The lowest BCUT2D eigenvalue weighted by Gasteiger charge is -2.13. The summed E-state index contributed by atoms with van der Waals surface area (Å²) < 4.78 is 7.80. The Kier molecular flexibility index (Phi) is 7.14. The minimum absolute atomic E-state index is 0.0362. The molecule has 0 unspecified atom stereocenters. The lowest BCUT2D eigenvalue weighted by Crippen LogP contribution is -2.17. The second kappa shape index (κ2) is 10.4. The number of nitrogens with one attached hydrogen (secondary N) is 1. The van der Waals surface area contributed by atoms with Gasteiger partial charge in [0, 0.05) is 16.9 Å². The molecular weight excluding hydrogens is 446 g/mol. The highest BCUT2D eigenvalue weighted by Crippen LogP contribution is 2.27. The highest BCUT2D eigenvalue weighted by atomic mass is 35.5. The zero-order chi connectivity index (χ0) is 24.1. The van der Waals surface area contributed by atoms with Crippen molar-refractivity contribution in [3.05, 3.63) is 107 Å². The van der Waals surface area contributed by atoms with Crippen LogP contribution in [0.1, 0.15) is 35.5 Å². The molecule has 1 N–H and O–H groups in total. The Morgan fingerprint density at radius 1 is 1.00 bits per heavy atom. The molecule has 1 aromatic heterocycles. The van der Waals surface area contributed by atoms with Crippen LogP contribution >= 0.6 is 11.6 Å². The molecule has 0 aliphatic rings. The van der Waals surface area contributed by atoms with E-state index in [0.29, 0.717) is 16.3 Å². The van der Waals surface area contributed by atoms with Crippen molar-refractivity contribution >= 4 is 23.7 Å². The molecule has 0 bridgehead atoms. The van der Waals surface area contributed by atoms with Gasteiger partial charge in [-0.15, -0.1) is 0 Å². The topological polar surface area (TPSA) is 55.6 Å². The van der Waals surface area contributed by atoms with Gasteiger partial charge in [0.25, 0.3) is 5.91 Å². The molecule has 5 nitrogen and oxygen atoms in total. The molecule has 0 aliphatic carbocycles. The van der Waals surface area contributed by atoms with Gasteiger partial charge in [-0.25, -0.2) is 5.43 Å². The molecule has 1 heterocycles. The number of benzene rings is 3. The Labute approximate surface area is 204 Å². The number of hydrogen-bond acceptors (Lipinski definition) is 3. The van der Waals surface area contributed by atoms with Crippen LogP contribution in [0.15, 0.2) is 90.0 Å². The van der Waals surface area contributed by atoms with E-state index in [1.165, 1.54) is 0 Å². The maximum Gasteiger partial charge on any atom is 0.271 e. The van der Waals surface area contributed by atoms with Crippen LogP contribution in [0.4, 0.5) is 0 Å². The van der Waals surface area contributed by atoms with E-state index in [0.717, 1.165) is 28.2 Å². The van der Waals surface area contributed by atoms with Gasteiger partial charge < -0.3 is 9.30 Å². The van der Waals surface area contributed by atoms with E-state index in [-0.39, 0.29) is 12.0 Å². The lowest BCUT2D eigenvalue weighted by molar-refractivity contribution is 0.0955. The molecule has 4 aromatic rings. The summed E-state index contributed by atoms with van der Waals surface area (Å²) in [5.41, 5.74) is 8.18. The van der Waals surface area contributed by atoms with Crippen molar-refractivity contribution in [2.45, 2.75) is 26.9 Å². The molecule has 0 aliphatic heterocycles. The standard InChI is InChI=1S/C28H26ClN3O2/c1-19(2)34-27-16-10-21(17-25(27)29)18-30-31-28(33)23-11-13-24(14-12-23)32-20(3)9-15-26(32)22-7-5-4-6-8-22/h4-19H,1-3H3,(H,31,33)/b30-18+. The van der Waals surface area contributed by atoms with Crippen LogP contribution in [0, 0.1) is 6.92 Å². The minimum Gasteiger partial charge on any atom is -0.489 e. The number of halogens is 1. The Morgan fingerprint density at radius 2 is 1.74 bits per heavy atom. The van der Waals surface area contributed by atoms with Crippen molar-refractivity contribution in [2.24, 2.45) is 5.10 Å². The molecule has 172 valence electrons. The summed E-state index contributed by atoms with van der Waals surface area (Å²) in [4.78, 5) is 12.6. The third kappa shape index (κ3) is 5.38. The van der Waals surface area contributed by atoms with E-state index < -0.39 is 0 Å². The van der Waals surface area contributed by atoms with E-state index in [9.17, 15) is 4.79 Å². The molecule has 0 saturated heterocycles. The smallest absolute Gasteiger partial charge is 0.271 e. The molecule has 4 rings (SSSR count). The zero-order valence-electron chi connectivity index (χ0n) is 19.3. The van der Waals surface area contributed by atoms with Gasteiger partial charge in [-0.05, 0) is 86.5 Å². The maximum absolute atomic E-state index is 12.6. The SMILES string of the molecule is Cc1ccc(-c2ccccc2)n1-c1ccc(C(=O)N/N=C/c2ccc(OC(C)C)c(Cl)c2)cc1. The van der Waals surface area contributed by atoms with Gasteiger partial charge in [0.15, 0.2) is 0 Å². The molecule has 0 spiro atoms. The Bertz CT molecular complexity index is 1310. The molecule has 0 fully saturated rings. The second-order valence-corrected chi connectivity index (χ2v) is 8.57. The fourth-order valence-electron chi connectivity index (χ4n) is 3.65. The van der Waals surface area contributed by atoms with Gasteiger partial charge in [-0.3, -0.25) is 4.79 Å². The van der Waals surface area contributed by atoms with Crippen molar-refractivity contribution in [3.8, 4) is 22.7 Å². The molecule has 0 atom stereocenters. The van der Waals surface area contributed by atoms with E-state index in [1.54, 1.807) is 30.5 Å². The Morgan fingerprint density at radius 3 is 2.41 bits per heavy atom. The summed E-state index contributed by atoms with van der Waals surface area (Å²) in [6.45, 7) is 5.95. The summed E-state index contributed by atoms with van der Waals surface area (Å²) in [5.74, 6) is 0.326. The largest absolute Gasteiger partial charge is 0.489 e. The first-order valence-corrected chi connectivity index (χ1v) is 11.4. The van der Waals surface area contributed by atoms with Crippen molar-refractivity contribution in [3.63, 3.8) is 0 Å².